The van der Waals surface area contributed by atoms with Crippen LogP contribution in [0.1, 0.15) is 96.2 Å². The summed E-state index contributed by atoms with van der Waals surface area (Å²) in [4.78, 5) is 12.0. The lowest BCUT2D eigenvalue weighted by Crippen LogP contribution is -2.17. The van der Waals surface area contributed by atoms with Crippen LogP contribution in [0.25, 0.3) is 0 Å². The first-order valence-electron chi connectivity index (χ1n) is 9.19. The van der Waals surface area contributed by atoms with Crippen molar-refractivity contribution in [3.63, 3.8) is 0 Å². The summed E-state index contributed by atoms with van der Waals surface area (Å²) in [6, 6.07) is 0. The van der Waals surface area contributed by atoms with Crippen molar-refractivity contribution in [1.82, 2.24) is 20.6 Å². The molecule has 0 aliphatic heterocycles. The number of esters is 1. The lowest BCUT2D eigenvalue weighted by atomic mass is 9.99. The number of hydrogen-bond acceptors (Lipinski definition) is 5. The summed E-state index contributed by atoms with van der Waals surface area (Å²) >= 11 is 0. The van der Waals surface area contributed by atoms with Crippen LogP contribution >= 0.6 is 0 Å². The molecule has 1 rings (SSSR count). The molecule has 1 heterocycles. The summed E-state index contributed by atoms with van der Waals surface area (Å²) in [5.41, 5.74) is 0. The first-order valence-corrected chi connectivity index (χ1v) is 9.19. The van der Waals surface area contributed by atoms with E-state index in [2.05, 4.69) is 27.5 Å². The van der Waals surface area contributed by atoms with E-state index in [1.54, 1.807) is 0 Å². The number of rotatable bonds is 14. The molecule has 132 valence electrons. The molecule has 0 aromatic carbocycles. The molecule has 0 amide bonds. The fourth-order valence-electron chi connectivity index (χ4n) is 2.75. The van der Waals surface area contributed by atoms with Crippen LogP contribution < -0.4 is 0 Å². The molecule has 0 aliphatic rings. The minimum absolute atomic E-state index is 0.246. The summed E-state index contributed by atoms with van der Waals surface area (Å²) in [5.74, 6) is -0.188. The van der Waals surface area contributed by atoms with Crippen LogP contribution in [0.5, 0.6) is 0 Å². The van der Waals surface area contributed by atoms with Gasteiger partial charge in [-0.1, -0.05) is 76.3 Å². The number of nitrogens with one attached hydrogen (secondary N) is 1. The molecule has 1 unspecified atom stereocenters. The topological polar surface area (TPSA) is 80.8 Å². The van der Waals surface area contributed by atoms with E-state index in [0.717, 1.165) is 19.3 Å². The lowest BCUT2D eigenvalue weighted by Gasteiger charge is -2.11. The molecule has 0 saturated carbocycles. The number of carbonyl (C=O) groups excluding carboxylic acids is 1. The van der Waals surface area contributed by atoms with Gasteiger partial charge in [0.25, 0.3) is 0 Å². The maximum atomic E-state index is 12.0. The quantitative estimate of drug-likeness (QED) is 0.410. The maximum Gasteiger partial charge on any atom is 0.316 e. The molecule has 0 fully saturated rings. The first kappa shape index (κ1) is 19.6. The van der Waals surface area contributed by atoms with E-state index in [9.17, 15) is 4.79 Å². The Morgan fingerprint density at radius 1 is 1.00 bits per heavy atom. The number of ether oxygens (including phenoxy) is 1. The molecule has 0 spiro atoms. The summed E-state index contributed by atoms with van der Waals surface area (Å²) in [6.45, 7) is 4.44. The van der Waals surface area contributed by atoms with Crippen molar-refractivity contribution in [3.8, 4) is 0 Å². The Morgan fingerprint density at radius 3 is 2.13 bits per heavy atom. The fraction of sp³-hybridized carbons (Fsp3) is 0.882. The SMILES string of the molecule is CCCCCCCCCCCCC(C(=O)OCC)c1nn[nH]n1. The summed E-state index contributed by atoms with van der Waals surface area (Å²) in [7, 11) is 0. The Labute approximate surface area is 139 Å². The normalized spacial score (nSPS) is 12.3. The highest BCUT2D eigenvalue weighted by molar-refractivity contribution is 5.76. The van der Waals surface area contributed by atoms with E-state index >= 15 is 0 Å². The van der Waals surface area contributed by atoms with Crippen molar-refractivity contribution < 1.29 is 9.53 Å². The van der Waals surface area contributed by atoms with Gasteiger partial charge in [-0.3, -0.25) is 4.79 Å². The number of hydrogen-bond donors (Lipinski definition) is 1. The van der Waals surface area contributed by atoms with E-state index in [4.69, 9.17) is 4.74 Å². The number of tetrazole rings is 1. The molecule has 1 N–H and O–H groups in total. The standard InChI is InChI=1S/C17H32N4O2/c1-3-5-6-7-8-9-10-11-12-13-14-15(17(22)23-4-2)16-18-20-21-19-16/h15H,3-14H2,1-2H3,(H,18,19,20,21). The van der Waals surface area contributed by atoms with Crippen molar-refractivity contribution in [3.05, 3.63) is 5.82 Å². The summed E-state index contributed by atoms with van der Waals surface area (Å²) < 4.78 is 5.11. The monoisotopic (exact) mass is 324 g/mol. The second kappa shape index (κ2) is 13.0. The van der Waals surface area contributed by atoms with Crippen LogP contribution in [-0.4, -0.2) is 33.2 Å². The predicted molar refractivity (Wildman–Crippen MR) is 90.0 cm³/mol. The third-order valence-corrected chi connectivity index (χ3v) is 4.09. The van der Waals surface area contributed by atoms with Gasteiger partial charge in [0.15, 0.2) is 5.82 Å². The molecule has 1 aromatic heterocycles. The minimum Gasteiger partial charge on any atom is -0.465 e. The molecule has 6 nitrogen and oxygen atoms in total. The second-order valence-electron chi connectivity index (χ2n) is 6.05. The molecular weight excluding hydrogens is 292 g/mol. The smallest absolute Gasteiger partial charge is 0.316 e. The third kappa shape index (κ3) is 8.67. The largest absolute Gasteiger partial charge is 0.465 e. The van der Waals surface area contributed by atoms with Gasteiger partial charge in [0.1, 0.15) is 5.92 Å². The summed E-state index contributed by atoms with van der Waals surface area (Å²) in [5, 5.41) is 13.8. The van der Waals surface area contributed by atoms with Gasteiger partial charge in [-0.15, -0.1) is 10.2 Å². The Kier molecular flexibility index (Phi) is 11.1. The zero-order valence-electron chi connectivity index (χ0n) is 14.7. The Bertz CT molecular complexity index is 395. The van der Waals surface area contributed by atoms with Crippen LogP contribution in [0.2, 0.25) is 0 Å². The Balaban J connectivity index is 2.12. The number of nitrogens with zero attached hydrogens (tertiary/aromatic N) is 3. The average molecular weight is 324 g/mol. The number of carbonyl (C=O) groups is 1. The van der Waals surface area contributed by atoms with Crippen LogP contribution in [0, 0.1) is 0 Å². The van der Waals surface area contributed by atoms with Gasteiger partial charge in [0, 0.05) is 0 Å². The van der Waals surface area contributed by atoms with E-state index in [1.807, 2.05) is 6.92 Å². The highest BCUT2D eigenvalue weighted by atomic mass is 16.5. The van der Waals surface area contributed by atoms with Crippen molar-refractivity contribution in [2.75, 3.05) is 6.61 Å². The number of aromatic nitrogens is 4. The molecule has 1 aromatic rings. The van der Waals surface area contributed by atoms with E-state index in [-0.39, 0.29) is 11.9 Å². The molecule has 1 atom stereocenters. The fourth-order valence-corrected chi connectivity index (χ4v) is 2.75. The van der Waals surface area contributed by atoms with Crippen molar-refractivity contribution in [1.29, 1.82) is 0 Å². The molecule has 0 saturated heterocycles. The van der Waals surface area contributed by atoms with Crippen LogP contribution in [0.4, 0.5) is 0 Å². The van der Waals surface area contributed by atoms with Gasteiger partial charge in [0.2, 0.25) is 0 Å². The van der Waals surface area contributed by atoms with Crippen molar-refractivity contribution in [2.45, 2.75) is 90.4 Å². The molecule has 23 heavy (non-hydrogen) atoms. The van der Waals surface area contributed by atoms with Crippen molar-refractivity contribution >= 4 is 5.97 Å². The van der Waals surface area contributed by atoms with Gasteiger partial charge in [0.05, 0.1) is 6.61 Å². The maximum absolute atomic E-state index is 12.0. The lowest BCUT2D eigenvalue weighted by molar-refractivity contribution is -0.145. The highest BCUT2D eigenvalue weighted by Gasteiger charge is 2.25. The zero-order chi connectivity index (χ0) is 16.8. The van der Waals surface area contributed by atoms with Gasteiger partial charge < -0.3 is 4.74 Å². The number of unbranched alkanes of at least 4 members (excludes halogenated alkanes) is 9. The highest BCUT2D eigenvalue weighted by Crippen LogP contribution is 2.21. The third-order valence-electron chi connectivity index (χ3n) is 4.09. The van der Waals surface area contributed by atoms with Crippen LogP contribution in [0.15, 0.2) is 0 Å². The number of H-pyrrole nitrogens is 1. The van der Waals surface area contributed by atoms with Crippen LogP contribution in [-0.2, 0) is 9.53 Å². The molecule has 6 heteroatoms. The first-order chi connectivity index (χ1) is 11.3. The molecule has 0 aliphatic carbocycles. The summed E-state index contributed by atoms with van der Waals surface area (Å²) in [6.07, 6.45) is 13.5. The Morgan fingerprint density at radius 2 is 1.61 bits per heavy atom. The second-order valence-corrected chi connectivity index (χ2v) is 6.05. The van der Waals surface area contributed by atoms with E-state index in [1.165, 1.54) is 51.4 Å². The molecule has 0 bridgehead atoms. The van der Waals surface area contributed by atoms with Gasteiger partial charge in [-0.25, -0.2) is 0 Å². The molecule has 0 radical (unpaired) electrons. The average Bonchev–Trinajstić information content (AvgIpc) is 3.07. The Hall–Kier alpha value is -1.46. The van der Waals surface area contributed by atoms with Gasteiger partial charge in [-0.2, -0.15) is 5.21 Å². The van der Waals surface area contributed by atoms with Gasteiger partial charge in [-0.05, 0) is 13.3 Å². The van der Waals surface area contributed by atoms with Crippen LogP contribution in [0.3, 0.4) is 0 Å². The predicted octanol–water partition coefficient (Wildman–Crippen LogP) is 4.16. The zero-order valence-corrected chi connectivity index (χ0v) is 14.7. The minimum atomic E-state index is -0.386. The van der Waals surface area contributed by atoms with Gasteiger partial charge >= 0.3 is 5.97 Å². The van der Waals surface area contributed by atoms with E-state index in [0.29, 0.717) is 12.4 Å². The number of aromatic amines is 1. The van der Waals surface area contributed by atoms with E-state index < -0.39 is 0 Å². The van der Waals surface area contributed by atoms with Crippen molar-refractivity contribution in [2.24, 2.45) is 0 Å². The molecular formula is C17H32N4O2.